The van der Waals surface area contributed by atoms with E-state index in [1.165, 1.54) is 13.1 Å². The van der Waals surface area contributed by atoms with Crippen molar-refractivity contribution in [3.63, 3.8) is 0 Å². The summed E-state index contributed by atoms with van der Waals surface area (Å²) in [5, 5.41) is 4.15. The van der Waals surface area contributed by atoms with Gasteiger partial charge in [-0.15, -0.1) is 0 Å². The molecule has 1 aromatic carbocycles. The SMILES string of the molecule is CC(C)Oc1ccc(-c2cc(C=O)c(=O)n(C)n2)cc1. The maximum absolute atomic E-state index is 11.6. The fourth-order valence-electron chi connectivity index (χ4n) is 1.83. The van der Waals surface area contributed by atoms with Crippen molar-refractivity contribution in [2.45, 2.75) is 20.0 Å². The summed E-state index contributed by atoms with van der Waals surface area (Å²) >= 11 is 0. The third-order valence-electron chi connectivity index (χ3n) is 2.74. The number of ether oxygens (including phenoxy) is 1. The van der Waals surface area contributed by atoms with Crippen LogP contribution in [0.25, 0.3) is 11.3 Å². The molecule has 0 aliphatic rings. The molecule has 5 nitrogen and oxygen atoms in total. The number of nitrogens with zero attached hydrogens (tertiary/aromatic N) is 2. The van der Waals surface area contributed by atoms with Gasteiger partial charge >= 0.3 is 0 Å². The van der Waals surface area contributed by atoms with Crippen molar-refractivity contribution in [1.29, 1.82) is 0 Å². The number of carbonyl (C=O) groups excluding carboxylic acids is 1. The van der Waals surface area contributed by atoms with Gasteiger partial charge in [0.2, 0.25) is 0 Å². The van der Waals surface area contributed by atoms with Crippen LogP contribution in [0.5, 0.6) is 5.75 Å². The van der Waals surface area contributed by atoms with Gasteiger partial charge in [-0.2, -0.15) is 5.10 Å². The average Bonchev–Trinajstić information content (AvgIpc) is 2.42. The topological polar surface area (TPSA) is 61.2 Å². The first-order valence-corrected chi connectivity index (χ1v) is 6.32. The van der Waals surface area contributed by atoms with Crippen LogP contribution in [0.2, 0.25) is 0 Å². The zero-order valence-corrected chi connectivity index (χ0v) is 11.7. The quantitative estimate of drug-likeness (QED) is 0.799. The Morgan fingerprint density at radius 2 is 1.90 bits per heavy atom. The molecule has 20 heavy (non-hydrogen) atoms. The molecule has 0 aliphatic carbocycles. The van der Waals surface area contributed by atoms with Crippen LogP contribution in [0.15, 0.2) is 35.1 Å². The van der Waals surface area contributed by atoms with Crippen molar-refractivity contribution < 1.29 is 9.53 Å². The molecule has 0 atom stereocenters. The Morgan fingerprint density at radius 3 is 2.45 bits per heavy atom. The summed E-state index contributed by atoms with van der Waals surface area (Å²) < 4.78 is 6.73. The van der Waals surface area contributed by atoms with Crippen molar-refractivity contribution in [3.8, 4) is 17.0 Å². The molecule has 0 radical (unpaired) electrons. The van der Waals surface area contributed by atoms with Crippen molar-refractivity contribution in [1.82, 2.24) is 9.78 Å². The monoisotopic (exact) mass is 272 g/mol. The molecule has 0 saturated heterocycles. The minimum atomic E-state index is -0.400. The Labute approximate surface area is 116 Å². The fraction of sp³-hybridized carbons (Fsp3) is 0.267. The first-order chi connectivity index (χ1) is 9.51. The predicted octanol–water partition coefficient (Wildman–Crippen LogP) is 2.05. The standard InChI is InChI=1S/C15H16N2O3/c1-10(2)20-13-6-4-11(5-7-13)14-8-12(9-18)15(19)17(3)16-14/h4-10H,1-3H3. The summed E-state index contributed by atoms with van der Waals surface area (Å²) in [6.45, 7) is 3.91. The Morgan fingerprint density at radius 1 is 1.25 bits per heavy atom. The van der Waals surface area contributed by atoms with Gasteiger partial charge in [-0.25, -0.2) is 4.68 Å². The number of aromatic nitrogens is 2. The van der Waals surface area contributed by atoms with Crippen LogP contribution in [0.4, 0.5) is 0 Å². The maximum Gasteiger partial charge on any atom is 0.277 e. The van der Waals surface area contributed by atoms with Gasteiger partial charge < -0.3 is 4.74 Å². The van der Waals surface area contributed by atoms with Gasteiger partial charge in [0.15, 0.2) is 6.29 Å². The molecule has 1 heterocycles. The second kappa shape index (κ2) is 5.69. The van der Waals surface area contributed by atoms with E-state index in [-0.39, 0.29) is 11.7 Å². The molecule has 0 unspecified atom stereocenters. The minimum Gasteiger partial charge on any atom is -0.491 e. The largest absolute Gasteiger partial charge is 0.491 e. The van der Waals surface area contributed by atoms with Gasteiger partial charge in [-0.05, 0) is 44.2 Å². The second-order valence-corrected chi connectivity index (χ2v) is 4.72. The number of carbonyl (C=O) groups is 1. The molecule has 5 heteroatoms. The van der Waals surface area contributed by atoms with Crippen LogP contribution in [-0.4, -0.2) is 22.2 Å². The second-order valence-electron chi connectivity index (χ2n) is 4.72. The van der Waals surface area contributed by atoms with Crippen LogP contribution in [0, 0.1) is 0 Å². The van der Waals surface area contributed by atoms with E-state index in [0.717, 1.165) is 16.0 Å². The Bertz CT molecular complexity index is 673. The lowest BCUT2D eigenvalue weighted by Gasteiger charge is -2.10. The third-order valence-corrected chi connectivity index (χ3v) is 2.74. The lowest BCUT2D eigenvalue weighted by molar-refractivity contribution is 0.112. The van der Waals surface area contributed by atoms with E-state index < -0.39 is 5.56 Å². The average molecular weight is 272 g/mol. The maximum atomic E-state index is 11.6. The summed E-state index contributed by atoms with van der Waals surface area (Å²) in [6.07, 6.45) is 0.655. The van der Waals surface area contributed by atoms with E-state index >= 15 is 0 Å². The van der Waals surface area contributed by atoms with Crippen LogP contribution < -0.4 is 10.3 Å². The number of aldehydes is 1. The molecule has 0 bridgehead atoms. The van der Waals surface area contributed by atoms with E-state index in [4.69, 9.17) is 4.74 Å². The highest BCUT2D eigenvalue weighted by Gasteiger charge is 2.07. The van der Waals surface area contributed by atoms with Gasteiger partial charge in [0.05, 0.1) is 17.4 Å². The molecule has 1 aromatic heterocycles. The van der Waals surface area contributed by atoms with Crippen molar-refractivity contribution >= 4 is 6.29 Å². The van der Waals surface area contributed by atoms with Crippen LogP contribution in [0.3, 0.4) is 0 Å². The van der Waals surface area contributed by atoms with Gasteiger partial charge in [0.1, 0.15) is 5.75 Å². The van der Waals surface area contributed by atoms with Crippen LogP contribution >= 0.6 is 0 Å². The molecular formula is C15H16N2O3. The molecule has 0 aliphatic heterocycles. The number of hydrogen-bond donors (Lipinski definition) is 0. The van der Waals surface area contributed by atoms with Gasteiger partial charge in [0, 0.05) is 12.6 Å². The molecule has 2 rings (SSSR count). The Hall–Kier alpha value is -2.43. The Balaban J connectivity index is 2.39. The van der Waals surface area contributed by atoms with Crippen molar-refractivity contribution in [2.24, 2.45) is 7.05 Å². The number of rotatable bonds is 4. The normalized spacial score (nSPS) is 10.6. The Kier molecular flexibility index (Phi) is 3.98. The molecule has 0 fully saturated rings. The minimum absolute atomic E-state index is 0.0972. The van der Waals surface area contributed by atoms with E-state index in [2.05, 4.69) is 5.10 Å². The molecule has 104 valence electrons. The van der Waals surface area contributed by atoms with Gasteiger partial charge in [-0.3, -0.25) is 9.59 Å². The lowest BCUT2D eigenvalue weighted by atomic mass is 10.1. The van der Waals surface area contributed by atoms with Crippen molar-refractivity contribution in [3.05, 3.63) is 46.2 Å². The summed E-state index contributed by atoms with van der Waals surface area (Å²) in [6, 6.07) is 8.86. The predicted molar refractivity (Wildman–Crippen MR) is 76.1 cm³/mol. The van der Waals surface area contributed by atoms with E-state index in [1.54, 1.807) is 0 Å². The third kappa shape index (κ3) is 2.93. The van der Waals surface area contributed by atoms with E-state index in [1.807, 2.05) is 38.1 Å². The van der Waals surface area contributed by atoms with Crippen LogP contribution in [-0.2, 0) is 7.05 Å². The highest BCUT2D eigenvalue weighted by Crippen LogP contribution is 2.21. The molecule has 0 spiro atoms. The van der Waals surface area contributed by atoms with Gasteiger partial charge in [-0.1, -0.05) is 0 Å². The first-order valence-electron chi connectivity index (χ1n) is 6.32. The van der Waals surface area contributed by atoms with E-state index in [0.29, 0.717) is 12.0 Å². The summed E-state index contributed by atoms with van der Waals surface area (Å²) in [5.41, 5.74) is 1.09. The zero-order valence-electron chi connectivity index (χ0n) is 11.7. The first kappa shape index (κ1) is 14.0. The van der Waals surface area contributed by atoms with E-state index in [9.17, 15) is 9.59 Å². The van der Waals surface area contributed by atoms with Crippen LogP contribution in [0.1, 0.15) is 24.2 Å². The highest BCUT2D eigenvalue weighted by atomic mass is 16.5. The highest BCUT2D eigenvalue weighted by molar-refractivity contribution is 5.76. The summed E-state index contributed by atoms with van der Waals surface area (Å²) in [4.78, 5) is 22.5. The summed E-state index contributed by atoms with van der Waals surface area (Å²) in [5.74, 6) is 0.768. The molecule has 0 N–H and O–H groups in total. The number of aryl methyl sites for hydroxylation is 1. The lowest BCUT2D eigenvalue weighted by Crippen LogP contribution is -2.23. The number of hydrogen-bond acceptors (Lipinski definition) is 4. The van der Waals surface area contributed by atoms with Gasteiger partial charge in [0.25, 0.3) is 5.56 Å². The zero-order chi connectivity index (χ0) is 14.7. The van der Waals surface area contributed by atoms with Crippen molar-refractivity contribution in [2.75, 3.05) is 0 Å². The fourth-order valence-corrected chi connectivity index (χ4v) is 1.83. The number of benzene rings is 1. The molecule has 0 amide bonds. The summed E-state index contributed by atoms with van der Waals surface area (Å²) in [7, 11) is 1.52. The smallest absolute Gasteiger partial charge is 0.277 e. The molecule has 2 aromatic rings. The molecule has 0 saturated carbocycles. The molecular weight excluding hydrogens is 256 g/mol.